The standard InChI is InChI=1S/C13H18N6O2/c1-3-20-10-8-6-5-7-9(10)15-11-16-12(19-14)18-13(17-11)21-4-2/h5-8H,3-4,14H2,1-2H3,(H2,15,16,17,18,19). The molecule has 2 rings (SSSR count). The molecule has 112 valence electrons. The molecule has 0 saturated carbocycles. The monoisotopic (exact) mass is 290 g/mol. The summed E-state index contributed by atoms with van der Waals surface area (Å²) in [5.74, 6) is 6.58. The molecule has 1 aromatic carbocycles. The predicted octanol–water partition coefficient (Wildman–Crippen LogP) is 1.70. The average Bonchev–Trinajstić information content (AvgIpc) is 2.49. The second-order valence-corrected chi connectivity index (χ2v) is 3.90. The third-order valence-electron chi connectivity index (χ3n) is 2.45. The van der Waals surface area contributed by atoms with E-state index < -0.39 is 0 Å². The summed E-state index contributed by atoms with van der Waals surface area (Å²) in [6.45, 7) is 4.78. The van der Waals surface area contributed by atoms with Gasteiger partial charge in [-0.2, -0.15) is 15.0 Å². The van der Waals surface area contributed by atoms with Gasteiger partial charge < -0.3 is 14.8 Å². The minimum absolute atomic E-state index is 0.192. The highest BCUT2D eigenvalue weighted by Crippen LogP contribution is 2.26. The maximum atomic E-state index is 5.54. The van der Waals surface area contributed by atoms with E-state index in [1.807, 2.05) is 38.1 Å². The van der Waals surface area contributed by atoms with Crippen LogP contribution in [-0.2, 0) is 0 Å². The van der Waals surface area contributed by atoms with Crippen molar-refractivity contribution in [3.8, 4) is 11.8 Å². The highest BCUT2D eigenvalue weighted by molar-refractivity contribution is 5.62. The number of para-hydroxylation sites is 2. The molecule has 8 nitrogen and oxygen atoms in total. The van der Waals surface area contributed by atoms with E-state index in [1.165, 1.54) is 0 Å². The van der Waals surface area contributed by atoms with Crippen LogP contribution < -0.4 is 26.1 Å². The highest BCUT2D eigenvalue weighted by Gasteiger charge is 2.09. The van der Waals surface area contributed by atoms with Crippen LogP contribution in [0.2, 0.25) is 0 Å². The van der Waals surface area contributed by atoms with Crippen molar-refractivity contribution in [2.24, 2.45) is 5.84 Å². The molecule has 4 N–H and O–H groups in total. The van der Waals surface area contributed by atoms with Gasteiger partial charge in [0, 0.05) is 0 Å². The fourth-order valence-electron chi connectivity index (χ4n) is 1.64. The number of nitrogens with one attached hydrogen (secondary N) is 2. The van der Waals surface area contributed by atoms with Gasteiger partial charge in [0.15, 0.2) is 0 Å². The highest BCUT2D eigenvalue weighted by atomic mass is 16.5. The Labute approximate surface area is 122 Å². The lowest BCUT2D eigenvalue weighted by atomic mass is 10.3. The number of benzene rings is 1. The van der Waals surface area contributed by atoms with Crippen molar-refractivity contribution < 1.29 is 9.47 Å². The maximum absolute atomic E-state index is 5.54. The molecule has 0 aliphatic heterocycles. The number of anilines is 3. The summed E-state index contributed by atoms with van der Waals surface area (Å²) in [6, 6.07) is 7.69. The summed E-state index contributed by atoms with van der Waals surface area (Å²) in [5, 5.41) is 3.07. The minimum Gasteiger partial charge on any atom is -0.492 e. The fraction of sp³-hybridized carbons (Fsp3) is 0.308. The lowest BCUT2D eigenvalue weighted by Crippen LogP contribution is -2.13. The zero-order valence-corrected chi connectivity index (χ0v) is 12.0. The minimum atomic E-state index is 0.192. The molecule has 0 aliphatic rings. The van der Waals surface area contributed by atoms with Gasteiger partial charge in [0.25, 0.3) is 0 Å². The van der Waals surface area contributed by atoms with Gasteiger partial charge in [0.2, 0.25) is 11.9 Å². The molecule has 8 heteroatoms. The average molecular weight is 290 g/mol. The van der Waals surface area contributed by atoms with E-state index >= 15 is 0 Å². The number of ether oxygens (including phenoxy) is 2. The van der Waals surface area contributed by atoms with Crippen LogP contribution in [0.4, 0.5) is 17.6 Å². The summed E-state index contributed by atoms with van der Waals surface area (Å²) >= 11 is 0. The number of hydrogen-bond donors (Lipinski definition) is 3. The Morgan fingerprint density at radius 2 is 1.71 bits per heavy atom. The Kier molecular flexibility index (Phi) is 5.10. The molecule has 0 radical (unpaired) electrons. The molecule has 0 bridgehead atoms. The quantitative estimate of drug-likeness (QED) is 0.522. The Morgan fingerprint density at radius 3 is 2.43 bits per heavy atom. The number of nitrogens with zero attached hydrogens (tertiary/aromatic N) is 3. The first-order chi connectivity index (χ1) is 10.3. The fourth-order valence-corrected chi connectivity index (χ4v) is 1.64. The largest absolute Gasteiger partial charge is 0.492 e. The van der Waals surface area contributed by atoms with Crippen molar-refractivity contribution in [1.82, 2.24) is 15.0 Å². The van der Waals surface area contributed by atoms with E-state index in [0.717, 1.165) is 5.69 Å². The number of nitrogens with two attached hydrogens (primary N) is 1. The second-order valence-electron chi connectivity index (χ2n) is 3.90. The molecular weight excluding hydrogens is 272 g/mol. The molecule has 0 unspecified atom stereocenters. The summed E-state index contributed by atoms with van der Waals surface area (Å²) in [5.41, 5.74) is 3.12. The van der Waals surface area contributed by atoms with Gasteiger partial charge in [0.1, 0.15) is 5.75 Å². The number of rotatable bonds is 7. The summed E-state index contributed by atoms with van der Waals surface area (Å²) in [4.78, 5) is 12.3. The molecule has 0 spiro atoms. The number of aromatic nitrogens is 3. The van der Waals surface area contributed by atoms with E-state index in [-0.39, 0.29) is 12.0 Å². The molecule has 1 heterocycles. The first kappa shape index (κ1) is 14.8. The Morgan fingerprint density at radius 1 is 1.00 bits per heavy atom. The van der Waals surface area contributed by atoms with E-state index in [2.05, 4.69) is 25.7 Å². The predicted molar refractivity (Wildman–Crippen MR) is 79.7 cm³/mol. The lowest BCUT2D eigenvalue weighted by molar-refractivity contribution is 0.312. The molecule has 1 aromatic heterocycles. The van der Waals surface area contributed by atoms with Crippen LogP contribution in [0.25, 0.3) is 0 Å². The van der Waals surface area contributed by atoms with Crippen LogP contribution in [0.3, 0.4) is 0 Å². The summed E-state index contributed by atoms with van der Waals surface area (Å²) < 4.78 is 10.8. The number of hydrazine groups is 1. The van der Waals surface area contributed by atoms with Gasteiger partial charge in [-0.25, -0.2) is 5.84 Å². The zero-order chi connectivity index (χ0) is 15.1. The first-order valence-electron chi connectivity index (χ1n) is 6.61. The molecule has 0 fully saturated rings. The van der Waals surface area contributed by atoms with Crippen LogP contribution in [0.1, 0.15) is 13.8 Å². The van der Waals surface area contributed by atoms with Gasteiger partial charge in [-0.05, 0) is 26.0 Å². The van der Waals surface area contributed by atoms with Crippen molar-refractivity contribution in [2.45, 2.75) is 13.8 Å². The van der Waals surface area contributed by atoms with Crippen molar-refractivity contribution in [3.63, 3.8) is 0 Å². The van der Waals surface area contributed by atoms with Crippen LogP contribution >= 0.6 is 0 Å². The normalized spacial score (nSPS) is 10.0. The van der Waals surface area contributed by atoms with Gasteiger partial charge in [0.05, 0.1) is 18.9 Å². The van der Waals surface area contributed by atoms with E-state index in [0.29, 0.717) is 24.9 Å². The van der Waals surface area contributed by atoms with Crippen molar-refractivity contribution in [3.05, 3.63) is 24.3 Å². The van der Waals surface area contributed by atoms with Crippen molar-refractivity contribution in [2.75, 3.05) is 24.0 Å². The van der Waals surface area contributed by atoms with Crippen LogP contribution in [-0.4, -0.2) is 28.2 Å². The summed E-state index contributed by atoms with van der Waals surface area (Å²) in [6.07, 6.45) is 0. The SMILES string of the molecule is CCOc1nc(NN)nc(Nc2ccccc2OCC)n1. The first-order valence-corrected chi connectivity index (χ1v) is 6.61. The topological polar surface area (TPSA) is 107 Å². The van der Waals surface area contributed by atoms with Gasteiger partial charge in [-0.15, -0.1) is 0 Å². The van der Waals surface area contributed by atoms with Crippen molar-refractivity contribution in [1.29, 1.82) is 0 Å². The Balaban J connectivity index is 2.28. The smallest absolute Gasteiger partial charge is 0.323 e. The zero-order valence-electron chi connectivity index (χ0n) is 12.0. The van der Waals surface area contributed by atoms with Crippen molar-refractivity contribution >= 4 is 17.6 Å². The summed E-state index contributed by atoms with van der Waals surface area (Å²) in [7, 11) is 0. The van der Waals surface area contributed by atoms with Crippen LogP contribution in [0, 0.1) is 0 Å². The van der Waals surface area contributed by atoms with E-state index in [4.69, 9.17) is 15.3 Å². The molecule has 0 saturated heterocycles. The third-order valence-corrected chi connectivity index (χ3v) is 2.45. The Hall–Kier alpha value is -2.61. The molecule has 0 aliphatic carbocycles. The van der Waals surface area contributed by atoms with Gasteiger partial charge >= 0.3 is 6.01 Å². The van der Waals surface area contributed by atoms with E-state index in [9.17, 15) is 0 Å². The molecule has 0 amide bonds. The number of hydrogen-bond acceptors (Lipinski definition) is 8. The van der Waals surface area contributed by atoms with Gasteiger partial charge in [-0.1, -0.05) is 12.1 Å². The van der Waals surface area contributed by atoms with E-state index in [1.54, 1.807) is 0 Å². The second kappa shape index (κ2) is 7.25. The molecular formula is C13H18N6O2. The van der Waals surface area contributed by atoms with Crippen LogP contribution in [0.15, 0.2) is 24.3 Å². The van der Waals surface area contributed by atoms with Gasteiger partial charge in [-0.3, -0.25) is 5.43 Å². The Bertz CT molecular complexity index is 593. The van der Waals surface area contributed by atoms with Crippen LogP contribution in [0.5, 0.6) is 11.8 Å². The molecule has 0 atom stereocenters. The third kappa shape index (κ3) is 3.93. The number of nitrogen functional groups attached to an aromatic ring is 1. The lowest BCUT2D eigenvalue weighted by Gasteiger charge is -2.12. The maximum Gasteiger partial charge on any atom is 0.323 e. The molecule has 2 aromatic rings. The molecule has 21 heavy (non-hydrogen) atoms.